The first kappa shape index (κ1) is 40.0. The molecule has 10 nitrogen and oxygen atoms in total. The van der Waals surface area contributed by atoms with Crippen LogP contribution in [0, 0.1) is 38.5 Å². The number of esters is 2. The van der Waals surface area contributed by atoms with Gasteiger partial charge in [0.2, 0.25) is 0 Å². The number of nitrogens with zero attached hydrogens (tertiary/aromatic N) is 4. The van der Waals surface area contributed by atoms with Gasteiger partial charge in [-0.3, -0.25) is 9.59 Å². The maximum Gasteiger partial charge on any atom is 2.00 e. The molecule has 3 aromatic rings. The van der Waals surface area contributed by atoms with Gasteiger partial charge in [-0.2, -0.15) is 5.70 Å². The second-order valence-electron chi connectivity index (χ2n) is 14.0. The second-order valence-corrected chi connectivity index (χ2v) is 14.0. The Balaban J connectivity index is 0.00000541. The van der Waals surface area contributed by atoms with Gasteiger partial charge in [0.05, 0.1) is 7.11 Å². The molecule has 0 aromatic carbocycles. The van der Waals surface area contributed by atoms with Crippen molar-refractivity contribution in [2.75, 3.05) is 20.3 Å². The van der Waals surface area contributed by atoms with Crippen LogP contribution in [0.15, 0.2) is 23.9 Å². The van der Waals surface area contributed by atoms with Gasteiger partial charge in [-0.05, 0) is 70.4 Å². The molecule has 53 heavy (non-hydrogen) atoms. The Kier molecular flexibility index (Phi) is 12.4. The van der Waals surface area contributed by atoms with Crippen LogP contribution in [0.5, 0.6) is 0 Å². The van der Waals surface area contributed by atoms with Crippen molar-refractivity contribution in [2.24, 2.45) is 17.8 Å². The van der Waals surface area contributed by atoms with Crippen LogP contribution in [0.2, 0.25) is 0 Å². The van der Waals surface area contributed by atoms with Crippen molar-refractivity contribution in [1.29, 1.82) is 0 Å². The van der Waals surface area contributed by atoms with Crippen molar-refractivity contribution >= 4 is 70.6 Å². The third-order valence-electron chi connectivity index (χ3n) is 11.0. The van der Waals surface area contributed by atoms with E-state index in [4.69, 9.17) is 29.7 Å². The molecule has 11 heteroatoms. The molecule has 5 heterocycles. The van der Waals surface area contributed by atoms with Crippen LogP contribution < -0.4 is 36.2 Å². The number of carbonyl (C=O) groups excluding carboxylic acids is 2. The summed E-state index contributed by atoms with van der Waals surface area (Å²) in [4.78, 5) is 41.7. The van der Waals surface area contributed by atoms with Crippen LogP contribution >= 0.6 is 0 Å². The Hall–Kier alpha value is -4.19. The molecule has 0 radical (unpaired) electrons. The molecule has 6 rings (SSSR count). The fourth-order valence-electron chi connectivity index (χ4n) is 8.12. The van der Waals surface area contributed by atoms with Crippen molar-refractivity contribution in [2.45, 2.75) is 79.7 Å². The van der Waals surface area contributed by atoms with Crippen molar-refractivity contribution < 1.29 is 29.3 Å². The maximum absolute atomic E-state index is 13.5. The Morgan fingerprint density at radius 1 is 0.962 bits per heavy atom. The maximum atomic E-state index is 13.5. The summed E-state index contributed by atoms with van der Waals surface area (Å²) < 4.78 is 10.8. The van der Waals surface area contributed by atoms with E-state index in [0.29, 0.717) is 45.2 Å². The van der Waals surface area contributed by atoms with Gasteiger partial charge < -0.3 is 40.0 Å². The number of hydrogen-bond acceptors (Lipinski definition) is 6. The van der Waals surface area contributed by atoms with E-state index in [-0.39, 0.29) is 54.4 Å². The zero-order valence-electron chi connectivity index (χ0n) is 31.9. The summed E-state index contributed by atoms with van der Waals surface area (Å²) in [5, 5.41) is 30.5. The fraction of sp³-hybridized carbons (Fsp3) is 0.429. The van der Waals surface area contributed by atoms with Gasteiger partial charge in [-0.25, -0.2) is 0 Å². The Bertz CT molecular complexity index is 2250. The minimum absolute atomic E-state index is 0. The van der Waals surface area contributed by atoms with E-state index >= 15 is 0 Å². The van der Waals surface area contributed by atoms with Gasteiger partial charge in [-0.1, -0.05) is 90.6 Å². The molecule has 2 aliphatic heterocycles. The number of allylic oxidation sites excluding steroid dienone is 1. The molecule has 1 fully saturated rings. The predicted octanol–water partition coefficient (Wildman–Crippen LogP) is 2.99. The zero-order valence-corrected chi connectivity index (χ0v) is 33.3. The zero-order chi connectivity index (χ0) is 37.4. The number of ether oxygens (including phenoxy) is 2. The largest absolute Gasteiger partial charge is 2.00 e. The number of aromatic nitrogens is 3. The smallest absolute Gasteiger partial charge is 0.681 e. The number of aliphatic hydroxyl groups is 2. The molecule has 0 saturated carbocycles. The van der Waals surface area contributed by atoms with E-state index in [0.717, 1.165) is 63.5 Å². The molecule has 0 amide bonds. The minimum atomic E-state index is -1.15. The van der Waals surface area contributed by atoms with Gasteiger partial charge in [0, 0.05) is 18.2 Å². The van der Waals surface area contributed by atoms with Gasteiger partial charge in [-0.15, -0.1) is 33.1 Å². The summed E-state index contributed by atoms with van der Waals surface area (Å²) in [5.41, 5.74) is 8.86. The van der Waals surface area contributed by atoms with Crippen molar-refractivity contribution in [3.63, 3.8) is 0 Å². The van der Waals surface area contributed by atoms with E-state index in [1.54, 1.807) is 6.08 Å². The average Bonchev–Trinajstić information content (AvgIpc) is 3.87. The van der Waals surface area contributed by atoms with Crippen LogP contribution in [-0.2, 0) is 25.5 Å². The summed E-state index contributed by atoms with van der Waals surface area (Å²) in [7, 11) is 1.29. The molecular weight excluding hydrogens is 681 g/mol. The monoisotopic (exact) mass is 728 g/mol. The molecule has 1 aliphatic carbocycles. The van der Waals surface area contributed by atoms with Gasteiger partial charge >= 0.3 is 35.0 Å². The molecule has 2 N–H and O–H groups in total. The van der Waals surface area contributed by atoms with E-state index in [2.05, 4.69) is 27.4 Å². The Morgan fingerprint density at radius 3 is 2.34 bits per heavy atom. The van der Waals surface area contributed by atoms with Gasteiger partial charge in [0.25, 0.3) is 0 Å². The summed E-state index contributed by atoms with van der Waals surface area (Å²) in [5.74, 6) is -3.24. The Labute approximate surface area is 326 Å². The standard InChI is InChI=1S/C42H48N4O6.Mg/c1-9-12-21(4)15-16-52-35(48)14-13-27-28(20-47)34-18-30-23(6)25(10-2)32(44-30)17-29-22(5)26(11-3)33(43-29)19-31-24(7)36-40(45-31)37(39(27)46-34)38(41(36)49)42(50)51-8;/h10,15,17-19,27-28,38-39,47,49H,2,9,11-14,16,20H2,1,3-8H3;/q-4;+2/b21-15+,29-17-,33-19-,34-18-;/t27-,28-,38+,39?;/m0./s1. The average molecular weight is 729 g/mol. The molecule has 276 valence electrons. The summed E-state index contributed by atoms with van der Waals surface area (Å²) in [6, 6.07) is -0.720. The second kappa shape index (κ2) is 16.4. The number of methoxy groups -OCH3 is 1. The third kappa shape index (κ3) is 7.23. The minimum Gasteiger partial charge on any atom is -0.681 e. The third-order valence-corrected chi connectivity index (χ3v) is 11.0. The first-order valence-corrected chi connectivity index (χ1v) is 18.2. The van der Waals surface area contributed by atoms with E-state index in [9.17, 15) is 19.8 Å². The van der Waals surface area contributed by atoms with Crippen LogP contribution in [0.3, 0.4) is 0 Å². The van der Waals surface area contributed by atoms with E-state index in [1.807, 2.05) is 45.1 Å². The molecule has 1 saturated heterocycles. The number of rotatable bonds is 11. The van der Waals surface area contributed by atoms with Crippen molar-refractivity contribution in [3.05, 3.63) is 95.4 Å². The fourth-order valence-corrected chi connectivity index (χ4v) is 8.12. The van der Waals surface area contributed by atoms with Crippen LogP contribution in [0.1, 0.15) is 91.4 Å². The summed E-state index contributed by atoms with van der Waals surface area (Å²) in [6.07, 6.45) is 12.6. The number of hydrogen-bond donors (Lipinski definition) is 2. The van der Waals surface area contributed by atoms with Crippen molar-refractivity contribution in [3.8, 4) is 0 Å². The van der Waals surface area contributed by atoms with E-state index < -0.39 is 29.8 Å². The van der Waals surface area contributed by atoms with Gasteiger partial charge in [0.1, 0.15) is 18.3 Å². The van der Waals surface area contributed by atoms with Crippen LogP contribution in [0.4, 0.5) is 0 Å². The number of aliphatic hydroxyl groups excluding tert-OH is 2. The molecule has 1 unspecified atom stereocenters. The summed E-state index contributed by atoms with van der Waals surface area (Å²) in [6.45, 7) is 16.1. The van der Waals surface area contributed by atoms with Gasteiger partial charge in [0.15, 0.2) is 0 Å². The van der Waals surface area contributed by atoms with E-state index in [1.165, 1.54) is 7.11 Å². The van der Waals surface area contributed by atoms with Crippen LogP contribution in [-0.4, -0.2) is 71.6 Å². The molecule has 8 bridgehead atoms. The quantitative estimate of drug-likeness (QED) is 0.173. The molecule has 3 aliphatic rings. The molecule has 4 atom stereocenters. The van der Waals surface area contributed by atoms with Crippen LogP contribution in [0.25, 0.3) is 41.0 Å². The predicted molar refractivity (Wildman–Crippen MR) is 207 cm³/mol. The SMILES string of the molecule is C=Cc1c2[n-]c(c1C)/C=C1\[N-]C(C3=c4[n-]c(c(C)c4=C(O)[C@@H]3C(=O)OC)/C=c3\[n-]/c(c(C)c3CC)=C\2)[C@@H](CCC(=O)OC/C=C(\C)CCC)[C@@H]1CO.[Mg+2]. The Morgan fingerprint density at radius 2 is 1.68 bits per heavy atom. The number of carbonyl (C=O) groups is 2. The summed E-state index contributed by atoms with van der Waals surface area (Å²) >= 11 is 0. The van der Waals surface area contributed by atoms with Crippen molar-refractivity contribution in [1.82, 2.24) is 15.0 Å². The first-order chi connectivity index (χ1) is 25.0. The molecule has 0 spiro atoms. The molecular formula is C42H48MgN4O6-2. The molecule has 3 aromatic heterocycles. The topological polar surface area (TPSA) is 149 Å². The first-order valence-electron chi connectivity index (χ1n) is 18.2. The number of fused-ring (bicyclic) bond motifs is 8. The normalized spacial score (nSPS) is 22.5.